The number of nitrogens with one attached hydrogen (secondary N) is 1. The summed E-state index contributed by atoms with van der Waals surface area (Å²) >= 11 is 0. The molecule has 6 nitrogen and oxygen atoms in total. The molecule has 2 heterocycles. The number of hydrogen-bond donors (Lipinski definition) is 1. The number of likely N-dealkylation sites (tertiary alicyclic amines) is 1. The number of nitrogens with zero attached hydrogens (tertiary/aromatic N) is 2. The second-order valence-corrected chi connectivity index (χ2v) is 9.23. The van der Waals surface area contributed by atoms with E-state index in [-0.39, 0.29) is 24.4 Å². The van der Waals surface area contributed by atoms with Crippen molar-refractivity contribution in [2.45, 2.75) is 76.8 Å². The highest BCUT2D eigenvalue weighted by atomic mass is 16.2. The Bertz CT molecular complexity index is 819. The van der Waals surface area contributed by atoms with Crippen molar-refractivity contribution in [1.29, 1.82) is 0 Å². The van der Waals surface area contributed by atoms with Crippen LogP contribution in [-0.2, 0) is 21.5 Å². The molecule has 3 fully saturated rings. The minimum absolute atomic E-state index is 0.0994. The second-order valence-electron chi connectivity index (χ2n) is 9.23. The SMILES string of the molecule is CCCc1ccc(C2(C)NC(=O)N(CC(=O)N3CCCC4CCCCC43)C2=O)cc1. The number of rotatable bonds is 5. The zero-order valence-corrected chi connectivity index (χ0v) is 18.2. The Morgan fingerprint density at radius 1 is 1.10 bits per heavy atom. The minimum atomic E-state index is -1.13. The molecule has 30 heavy (non-hydrogen) atoms. The van der Waals surface area contributed by atoms with Gasteiger partial charge in [-0.3, -0.25) is 14.5 Å². The van der Waals surface area contributed by atoms with Gasteiger partial charge in [-0.15, -0.1) is 0 Å². The predicted octanol–water partition coefficient (Wildman–Crippen LogP) is 3.59. The largest absolute Gasteiger partial charge is 0.338 e. The van der Waals surface area contributed by atoms with E-state index in [1.807, 2.05) is 29.2 Å². The lowest BCUT2D eigenvalue weighted by atomic mass is 9.78. The summed E-state index contributed by atoms with van der Waals surface area (Å²) in [5.41, 5.74) is 0.832. The number of imide groups is 1. The first-order valence-electron chi connectivity index (χ1n) is 11.5. The maximum absolute atomic E-state index is 13.2. The van der Waals surface area contributed by atoms with Crippen LogP contribution in [0, 0.1) is 5.92 Å². The van der Waals surface area contributed by atoms with Gasteiger partial charge in [-0.25, -0.2) is 4.79 Å². The van der Waals surface area contributed by atoms with Gasteiger partial charge in [0.25, 0.3) is 5.91 Å². The molecule has 0 aromatic heterocycles. The first-order chi connectivity index (χ1) is 14.4. The molecule has 6 heteroatoms. The van der Waals surface area contributed by atoms with Crippen molar-refractivity contribution in [1.82, 2.24) is 15.1 Å². The molecule has 3 unspecified atom stereocenters. The van der Waals surface area contributed by atoms with Crippen LogP contribution in [0.4, 0.5) is 4.79 Å². The van der Waals surface area contributed by atoms with Crippen LogP contribution in [0.5, 0.6) is 0 Å². The topological polar surface area (TPSA) is 69.7 Å². The number of hydrogen-bond acceptors (Lipinski definition) is 3. The molecule has 4 rings (SSSR count). The van der Waals surface area contributed by atoms with E-state index in [1.54, 1.807) is 6.92 Å². The molecule has 4 amide bonds. The molecule has 1 saturated carbocycles. The van der Waals surface area contributed by atoms with Crippen molar-refractivity contribution in [3.05, 3.63) is 35.4 Å². The Hall–Kier alpha value is -2.37. The van der Waals surface area contributed by atoms with E-state index in [9.17, 15) is 14.4 Å². The van der Waals surface area contributed by atoms with Crippen LogP contribution in [0.3, 0.4) is 0 Å². The van der Waals surface area contributed by atoms with E-state index in [0.717, 1.165) is 49.1 Å². The lowest BCUT2D eigenvalue weighted by molar-refractivity contribution is -0.142. The molecule has 2 saturated heterocycles. The van der Waals surface area contributed by atoms with Crippen LogP contribution in [0.1, 0.15) is 69.9 Å². The van der Waals surface area contributed by atoms with Crippen LogP contribution >= 0.6 is 0 Å². The summed E-state index contributed by atoms with van der Waals surface area (Å²) in [4.78, 5) is 42.1. The first-order valence-corrected chi connectivity index (χ1v) is 11.5. The summed E-state index contributed by atoms with van der Waals surface area (Å²) in [7, 11) is 0. The molecule has 0 bridgehead atoms. The van der Waals surface area contributed by atoms with Crippen LogP contribution in [0.15, 0.2) is 24.3 Å². The van der Waals surface area contributed by atoms with Crippen molar-refractivity contribution in [2.24, 2.45) is 5.92 Å². The van der Waals surface area contributed by atoms with E-state index >= 15 is 0 Å². The Morgan fingerprint density at radius 2 is 1.80 bits per heavy atom. The Balaban J connectivity index is 1.47. The predicted molar refractivity (Wildman–Crippen MR) is 115 cm³/mol. The lowest BCUT2D eigenvalue weighted by Crippen LogP contribution is -2.53. The Kier molecular flexibility index (Phi) is 5.85. The van der Waals surface area contributed by atoms with Gasteiger partial charge in [0.05, 0.1) is 0 Å². The Morgan fingerprint density at radius 3 is 2.53 bits per heavy atom. The monoisotopic (exact) mass is 411 g/mol. The van der Waals surface area contributed by atoms with Crippen molar-refractivity contribution in [3.8, 4) is 0 Å². The highest BCUT2D eigenvalue weighted by molar-refractivity contribution is 6.09. The number of aryl methyl sites for hydroxylation is 1. The minimum Gasteiger partial charge on any atom is -0.338 e. The maximum Gasteiger partial charge on any atom is 0.325 e. The highest BCUT2D eigenvalue weighted by Gasteiger charge is 2.50. The van der Waals surface area contributed by atoms with Crippen molar-refractivity contribution >= 4 is 17.8 Å². The number of urea groups is 1. The third-order valence-corrected chi connectivity index (χ3v) is 7.20. The summed E-state index contributed by atoms with van der Waals surface area (Å²) in [5, 5.41) is 2.83. The van der Waals surface area contributed by atoms with Gasteiger partial charge in [0.15, 0.2) is 0 Å². The van der Waals surface area contributed by atoms with Gasteiger partial charge in [0, 0.05) is 12.6 Å². The summed E-state index contributed by atoms with van der Waals surface area (Å²) < 4.78 is 0. The molecule has 1 aromatic rings. The van der Waals surface area contributed by atoms with Gasteiger partial charge in [0.2, 0.25) is 5.91 Å². The van der Waals surface area contributed by atoms with Crippen LogP contribution in [0.2, 0.25) is 0 Å². The molecule has 0 radical (unpaired) electrons. The van der Waals surface area contributed by atoms with Crippen LogP contribution in [-0.4, -0.2) is 46.8 Å². The summed E-state index contributed by atoms with van der Waals surface area (Å²) in [6.45, 7) is 4.42. The van der Waals surface area contributed by atoms with Gasteiger partial charge in [-0.2, -0.15) is 0 Å². The second kappa shape index (κ2) is 8.40. The summed E-state index contributed by atoms with van der Waals surface area (Å²) in [6, 6.07) is 7.63. The molecule has 162 valence electrons. The van der Waals surface area contributed by atoms with Crippen LogP contribution in [0.25, 0.3) is 0 Å². The average Bonchev–Trinajstić information content (AvgIpc) is 2.98. The number of fused-ring (bicyclic) bond motifs is 1. The van der Waals surface area contributed by atoms with Crippen molar-refractivity contribution in [3.63, 3.8) is 0 Å². The quantitative estimate of drug-likeness (QED) is 0.753. The molecular formula is C24H33N3O3. The number of piperidine rings is 1. The fourth-order valence-corrected chi connectivity index (χ4v) is 5.49. The molecule has 1 N–H and O–H groups in total. The molecule has 0 spiro atoms. The number of amides is 4. The first kappa shape index (κ1) is 20.9. The van der Waals surface area contributed by atoms with E-state index in [1.165, 1.54) is 24.8 Å². The van der Waals surface area contributed by atoms with E-state index in [4.69, 9.17) is 0 Å². The number of carbonyl (C=O) groups excluding carboxylic acids is 3. The van der Waals surface area contributed by atoms with Gasteiger partial charge in [0.1, 0.15) is 12.1 Å². The summed E-state index contributed by atoms with van der Waals surface area (Å²) in [6.07, 6.45) is 8.85. The van der Waals surface area contributed by atoms with Gasteiger partial charge < -0.3 is 10.2 Å². The third-order valence-electron chi connectivity index (χ3n) is 7.20. The van der Waals surface area contributed by atoms with Gasteiger partial charge in [-0.1, -0.05) is 50.5 Å². The van der Waals surface area contributed by atoms with Crippen LogP contribution < -0.4 is 5.32 Å². The van der Waals surface area contributed by atoms with E-state index in [2.05, 4.69) is 12.2 Å². The highest BCUT2D eigenvalue weighted by Crippen LogP contribution is 2.36. The standard InChI is InChI=1S/C24H33N3O3/c1-3-7-17-11-13-19(14-12-17)24(2)22(29)27(23(30)25-24)16-21(28)26-15-6-9-18-8-4-5-10-20(18)26/h11-14,18,20H,3-10,15-16H2,1-2H3,(H,25,30). The van der Waals surface area contributed by atoms with Gasteiger partial charge >= 0.3 is 6.03 Å². The van der Waals surface area contributed by atoms with Gasteiger partial charge in [-0.05, 0) is 56.1 Å². The normalized spacial score (nSPS) is 29.0. The zero-order valence-electron chi connectivity index (χ0n) is 18.2. The molecule has 3 aliphatic rings. The molecule has 1 aromatic carbocycles. The molecule has 1 aliphatic carbocycles. The Labute approximate surface area is 179 Å². The fourth-order valence-electron chi connectivity index (χ4n) is 5.49. The molecule has 3 atom stereocenters. The molecule has 2 aliphatic heterocycles. The number of benzene rings is 1. The smallest absolute Gasteiger partial charge is 0.325 e. The third kappa shape index (κ3) is 3.72. The maximum atomic E-state index is 13.2. The lowest BCUT2D eigenvalue weighted by Gasteiger charge is -2.44. The zero-order chi connectivity index (χ0) is 21.3. The van der Waals surface area contributed by atoms with Crippen molar-refractivity contribution < 1.29 is 14.4 Å². The number of carbonyl (C=O) groups is 3. The fraction of sp³-hybridized carbons (Fsp3) is 0.625. The summed E-state index contributed by atoms with van der Waals surface area (Å²) in [5.74, 6) is 0.130. The average molecular weight is 412 g/mol. The van der Waals surface area contributed by atoms with Crippen molar-refractivity contribution in [2.75, 3.05) is 13.1 Å². The van der Waals surface area contributed by atoms with E-state index < -0.39 is 11.6 Å². The van der Waals surface area contributed by atoms with E-state index in [0.29, 0.717) is 5.92 Å². The molecular weight excluding hydrogens is 378 g/mol.